The first-order valence-electron chi connectivity index (χ1n) is 6.90. The highest BCUT2D eigenvalue weighted by atomic mass is 35.5. The minimum atomic E-state index is -0.125. The minimum absolute atomic E-state index is 0.125. The number of aryl methyl sites for hydroxylation is 1. The number of rotatable bonds is 5. The zero-order chi connectivity index (χ0) is 16.1. The molecule has 0 bridgehead atoms. The van der Waals surface area contributed by atoms with Gasteiger partial charge in [0.15, 0.2) is 0 Å². The van der Waals surface area contributed by atoms with Crippen LogP contribution in [0.5, 0.6) is 0 Å². The molecule has 0 atom stereocenters. The van der Waals surface area contributed by atoms with Crippen LogP contribution >= 0.6 is 23.2 Å². The van der Waals surface area contributed by atoms with Crippen molar-refractivity contribution in [3.8, 4) is 0 Å². The van der Waals surface area contributed by atoms with Gasteiger partial charge in [-0.1, -0.05) is 41.4 Å². The van der Waals surface area contributed by atoms with Crippen molar-refractivity contribution in [2.24, 2.45) is 0 Å². The second kappa shape index (κ2) is 7.47. The van der Waals surface area contributed by atoms with E-state index in [4.69, 9.17) is 23.2 Å². The molecule has 0 saturated carbocycles. The average Bonchev–Trinajstić information content (AvgIpc) is 2.86. The fourth-order valence-corrected chi connectivity index (χ4v) is 2.42. The molecule has 116 valence electrons. The fraction of sp³-hybridized carbons (Fsp3) is 0.250. The number of carbonyl (C=O) groups excluding carboxylic acids is 1. The van der Waals surface area contributed by atoms with E-state index in [0.29, 0.717) is 23.1 Å². The van der Waals surface area contributed by atoms with E-state index in [2.05, 4.69) is 5.10 Å². The third-order valence-electron chi connectivity index (χ3n) is 3.27. The summed E-state index contributed by atoms with van der Waals surface area (Å²) in [4.78, 5) is 13.8. The van der Waals surface area contributed by atoms with E-state index in [0.717, 1.165) is 11.3 Å². The molecule has 0 fully saturated rings. The summed E-state index contributed by atoms with van der Waals surface area (Å²) in [7, 11) is 1.72. The molecule has 0 aliphatic carbocycles. The fourth-order valence-electron chi connectivity index (χ4n) is 2.02. The van der Waals surface area contributed by atoms with Gasteiger partial charge < -0.3 is 4.90 Å². The number of carbonyl (C=O) groups is 1. The molecule has 0 saturated heterocycles. The van der Waals surface area contributed by atoms with E-state index in [-0.39, 0.29) is 5.91 Å². The summed E-state index contributed by atoms with van der Waals surface area (Å²) in [6.07, 6.45) is 4.81. The quantitative estimate of drug-likeness (QED) is 0.776. The molecule has 1 aromatic heterocycles. The van der Waals surface area contributed by atoms with Crippen LogP contribution in [0, 0.1) is 0 Å². The Balaban J connectivity index is 2.06. The van der Waals surface area contributed by atoms with E-state index < -0.39 is 0 Å². The summed E-state index contributed by atoms with van der Waals surface area (Å²) < 4.78 is 1.78. The number of aromatic nitrogens is 2. The van der Waals surface area contributed by atoms with E-state index in [9.17, 15) is 4.79 Å². The molecule has 6 heteroatoms. The molecule has 0 aliphatic rings. The van der Waals surface area contributed by atoms with Crippen molar-refractivity contribution in [2.45, 2.75) is 20.0 Å². The van der Waals surface area contributed by atoms with Crippen LogP contribution in [0.4, 0.5) is 0 Å². The van der Waals surface area contributed by atoms with Crippen molar-refractivity contribution < 1.29 is 4.79 Å². The summed E-state index contributed by atoms with van der Waals surface area (Å²) in [5, 5.41) is 5.34. The molecule has 1 heterocycles. The summed E-state index contributed by atoms with van der Waals surface area (Å²) in [6, 6.07) is 7.37. The lowest BCUT2D eigenvalue weighted by molar-refractivity contribution is -0.125. The van der Waals surface area contributed by atoms with Crippen molar-refractivity contribution in [3.05, 3.63) is 57.8 Å². The Morgan fingerprint density at radius 1 is 1.32 bits per heavy atom. The van der Waals surface area contributed by atoms with Gasteiger partial charge in [0.1, 0.15) is 0 Å². The zero-order valence-electron chi connectivity index (χ0n) is 12.5. The van der Waals surface area contributed by atoms with E-state index in [1.54, 1.807) is 35.0 Å². The lowest BCUT2D eigenvalue weighted by Crippen LogP contribution is -2.25. The van der Waals surface area contributed by atoms with Gasteiger partial charge in [-0.2, -0.15) is 5.10 Å². The van der Waals surface area contributed by atoms with Gasteiger partial charge in [0.2, 0.25) is 5.91 Å². The van der Waals surface area contributed by atoms with Crippen molar-refractivity contribution in [2.75, 3.05) is 7.05 Å². The molecule has 0 aliphatic heterocycles. The maximum absolute atomic E-state index is 12.2. The number of hydrogen-bond acceptors (Lipinski definition) is 2. The number of amides is 1. The van der Waals surface area contributed by atoms with Crippen LogP contribution in [0.15, 0.2) is 36.5 Å². The predicted octanol–water partition coefficient (Wildman–Crippen LogP) is 3.88. The van der Waals surface area contributed by atoms with Gasteiger partial charge in [0, 0.05) is 24.7 Å². The van der Waals surface area contributed by atoms with E-state index >= 15 is 0 Å². The standard InChI is InChI=1S/C16H17Cl2N3O/c1-3-21-15(14(18)10-19-21)11-20(2)16(22)9-8-12-6-4-5-7-13(12)17/h4-10H,3,11H2,1-2H3/b9-8+. The second-order valence-corrected chi connectivity index (χ2v) is 5.62. The van der Waals surface area contributed by atoms with Crippen LogP contribution in [0.3, 0.4) is 0 Å². The predicted molar refractivity (Wildman–Crippen MR) is 89.9 cm³/mol. The minimum Gasteiger partial charge on any atom is -0.336 e. The molecule has 0 unspecified atom stereocenters. The highest BCUT2D eigenvalue weighted by molar-refractivity contribution is 6.32. The Labute approximate surface area is 139 Å². The zero-order valence-corrected chi connectivity index (χ0v) is 14.0. The van der Waals surface area contributed by atoms with Crippen molar-refractivity contribution in [1.29, 1.82) is 0 Å². The topological polar surface area (TPSA) is 38.1 Å². The molecule has 2 rings (SSSR count). The average molecular weight is 338 g/mol. The molecule has 4 nitrogen and oxygen atoms in total. The molecule has 0 N–H and O–H groups in total. The molecular weight excluding hydrogens is 321 g/mol. The molecule has 1 amide bonds. The monoisotopic (exact) mass is 337 g/mol. The van der Waals surface area contributed by atoms with Gasteiger partial charge in [0.25, 0.3) is 0 Å². The van der Waals surface area contributed by atoms with Gasteiger partial charge in [-0.3, -0.25) is 9.48 Å². The van der Waals surface area contributed by atoms with Gasteiger partial charge in [-0.25, -0.2) is 0 Å². The summed E-state index contributed by atoms with van der Waals surface area (Å²) in [5.41, 5.74) is 1.63. The van der Waals surface area contributed by atoms with Gasteiger partial charge in [-0.05, 0) is 24.6 Å². The largest absolute Gasteiger partial charge is 0.336 e. The number of likely N-dealkylation sites (N-methyl/N-ethyl adjacent to an activating group) is 1. The molecule has 2 aromatic rings. The van der Waals surface area contributed by atoms with Gasteiger partial charge >= 0.3 is 0 Å². The molecule has 1 aromatic carbocycles. The lowest BCUT2D eigenvalue weighted by atomic mass is 10.2. The maximum atomic E-state index is 12.2. The third kappa shape index (κ3) is 3.90. The smallest absolute Gasteiger partial charge is 0.246 e. The second-order valence-electron chi connectivity index (χ2n) is 4.80. The van der Waals surface area contributed by atoms with Crippen LogP contribution in [0.2, 0.25) is 10.0 Å². The van der Waals surface area contributed by atoms with E-state index in [1.165, 1.54) is 6.08 Å². The van der Waals surface area contributed by atoms with Crippen LogP contribution in [0.1, 0.15) is 18.2 Å². The first-order valence-corrected chi connectivity index (χ1v) is 7.66. The Hall–Kier alpha value is -1.78. The Morgan fingerprint density at radius 3 is 2.73 bits per heavy atom. The normalized spacial score (nSPS) is 11.1. The van der Waals surface area contributed by atoms with Gasteiger partial charge in [-0.15, -0.1) is 0 Å². The SMILES string of the molecule is CCn1ncc(Cl)c1CN(C)C(=O)/C=C/c1ccccc1Cl. The Morgan fingerprint density at radius 2 is 2.05 bits per heavy atom. The van der Waals surface area contributed by atoms with Crippen molar-refractivity contribution in [1.82, 2.24) is 14.7 Å². The van der Waals surface area contributed by atoms with Crippen molar-refractivity contribution in [3.63, 3.8) is 0 Å². The number of benzene rings is 1. The number of hydrogen-bond donors (Lipinski definition) is 0. The molecule has 22 heavy (non-hydrogen) atoms. The summed E-state index contributed by atoms with van der Waals surface area (Å²) in [5.74, 6) is -0.125. The molecule has 0 spiro atoms. The van der Waals surface area contributed by atoms with Crippen LogP contribution < -0.4 is 0 Å². The highest BCUT2D eigenvalue weighted by Gasteiger charge is 2.13. The van der Waals surface area contributed by atoms with Gasteiger partial charge in [0.05, 0.1) is 23.5 Å². The lowest BCUT2D eigenvalue weighted by Gasteiger charge is -2.16. The summed E-state index contributed by atoms with van der Waals surface area (Å²) >= 11 is 12.2. The third-order valence-corrected chi connectivity index (χ3v) is 3.93. The van der Waals surface area contributed by atoms with Crippen LogP contribution in [0.25, 0.3) is 6.08 Å². The van der Waals surface area contributed by atoms with Crippen molar-refractivity contribution >= 4 is 35.2 Å². The van der Waals surface area contributed by atoms with Crippen LogP contribution in [-0.2, 0) is 17.9 Å². The first kappa shape index (κ1) is 16.6. The molecular formula is C16H17Cl2N3O. The van der Waals surface area contributed by atoms with Crippen LogP contribution in [-0.4, -0.2) is 27.6 Å². The molecule has 0 radical (unpaired) electrons. The highest BCUT2D eigenvalue weighted by Crippen LogP contribution is 2.18. The Bertz CT molecular complexity index is 694. The first-order chi connectivity index (χ1) is 10.5. The number of halogens is 2. The maximum Gasteiger partial charge on any atom is 0.246 e. The Kier molecular flexibility index (Phi) is 5.63. The summed E-state index contributed by atoms with van der Waals surface area (Å²) in [6.45, 7) is 3.09. The number of nitrogens with zero attached hydrogens (tertiary/aromatic N) is 3. The van der Waals surface area contributed by atoms with E-state index in [1.807, 2.05) is 25.1 Å².